The summed E-state index contributed by atoms with van der Waals surface area (Å²) in [5, 5.41) is 0. The van der Waals surface area contributed by atoms with Crippen LogP contribution in [0.15, 0.2) is 54.6 Å². The number of carbonyl (C=O) groups is 2. The molecular weight excluding hydrogens is 316 g/mol. The molecule has 0 spiro atoms. The lowest BCUT2D eigenvalue weighted by Gasteiger charge is -2.17. The van der Waals surface area contributed by atoms with E-state index >= 15 is 0 Å². The summed E-state index contributed by atoms with van der Waals surface area (Å²) in [5.41, 5.74) is 7.36. The Morgan fingerprint density at radius 1 is 1.04 bits per heavy atom. The van der Waals surface area contributed by atoms with Gasteiger partial charge in [-0.15, -0.1) is 0 Å². The van der Waals surface area contributed by atoms with E-state index in [0.717, 1.165) is 18.5 Å². The Kier molecular flexibility index (Phi) is 5.46. The van der Waals surface area contributed by atoms with Crippen molar-refractivity contribution < 1.29 is 14.3 Å². The summed E-state index contributed by atoms with van der Waals surface area (Å²) >= 11 is 0. The van der Waals surface area contributed by atoms with Crippen LogP contribution in [-0.2, 0) is 11.3 Å². The van der Waals surface area contributed by atoms with Gasteiger partial charge in [-0.3, -0.25) is 9.59 Å². The van der Waals surface area contributed by atoms with Crippen molar-refractivity contribution in [2.75, 3.05) is 19.7 Å². The molecule has 0 unspecified atom stereocenters. The average molecular weight is 338 g/mol. The Bertz CT molecular complexity index is 728. The highest BCUT2D eigenvalue weighted by atomic mass is 16.5. The van der Waals surface area contributed by atoms with Crippen LogP contribution in [0.25, 0.3) is 0 Å². The normalized spacial score (nSPS) is 16.8. The largest absolute Gasteiger partial charge is 0.376 e. The van der Waals surface area contributed by atoms with E-state index in [0.29, 0.717) is 36.8 Å². The minimum absolute atomic E-state index is 0.0124. The van der Waals surface area contributed by atoms with Crippen molar-refractivity contribution in [3.63, 3.8) is 0 Å². The van der Waals surface area contributed by atoms with Crippen LogP contribution in [-0.4, -0.2) is 36.4 Å². The first-order valence-electron chi connectivity index (χ1n) is 8.44. The number of benzene rings is 2. The van der Waals surface area contributed by atoms with Gasteiger partial charge in [0.15, 0.2) is 0 Å². The second-order valence-electron chi connectivity index (χ2n) is 6.35. The van der Waals surface area contributed by atoms with Gasteiger partial charge < -0.3 is 15.4 Å². The molecule has 5 heteroatoms. The Balaban J connectivity index is 1.48. The fourth-order valence-corrected chi connectivity index (χ4v) is 3.03. The number of primary amides is 1. The van der Waals surface area contributed by atoms with Crippen molar-refractivity contribution in [1.29, 1.82) is 0 Å². The fourth-order valence-electron chi connectivity index (χ4n) is 3.03. The molecule has 0 saturated carbocycles. The minimum Gasteiger partial charge on any atom is -0.376 e. The Hall–Kier alpha value is -2.66. The first-order valence-corrected chi connectivity index (χ1v) is 8.44. The average Bonchev–Trinajstić information content (AvgIpc) is 3.11. The first kappa shape index (κ1) is 17.2. The number of nitrogens with zero attached hydrogens (tertiary/aromatic N) is 1. The van der Waals surface area contributed by atoms with E-state index in [1.165, 1.54) is 0 Å². The van der Waals surface area contributed by atoms with E-state index in [-0.39, 0.29) is 5.91 Å². The van der Waals surface area contributed by atoms with Gasteiger partial charge in [0.05, 0.1) is 13.2 Å². The van der Waals surface area contributed by atoms with E-state index < -0.39 is 5.91 Å². The summed E-state index contributed by atoms with van der Waals surface area (Å²) in [6, 6.07) is 16.6. The van der Waals surface area contributed by atoms with Gasteiger partial charge in [0, 0.05) is 30.1 Å². The molecule has 0 aliphatic carbocycles. The lowest BCUT2D eigenvalue weighted by atomic mass is 10.1. The summed E-state index contributed by atoms with van der Waals surface area (Å²) < 4.78 is 5.79. The van der Waals surface area contributed by atoms with Crippen LogP contribution in [0.4, 0.5) is 0 Å². The second-order valence-corrected chi connectivity index (χ2v) is 6.35. The number of rotatable bonds is 6. The zero-order valence-corrected chi connectivity index (χ0v) is 14.1. The van der Waals surface area contributed by atoms with Crippen LogP contribution in [0, 0.1) is 5.92 Å². The van der Waals surface area contributed by atoms with Gasteiger partial charge >= 0.3 is 0 Å². The molecule has 2 N–H and O–H groups in total. The molecule has 2 aromatic rings. The maximum atomic E-state index is 12.5. The number of carbonyl (C=O) groups excluding carboxylic acids is 2. The third-order valence-corrected chi connectivity index (χ3v) is 4.45. The molecule has 5 nitrogen and oxygen atoms in total. The van der Waals surface area contributed by atoms with Gasteiger partial charge in [0.2, 0.25) is 5.91 Å². The number of amides is 2. The third-order valence-electron chi connectivity index (χ3n) is 4.45. The number of ether oxygens (including phenoxy) is 1. The Labute approximate surface area is 147 Å². The summed E-state index contributed by atoms with van der Waals surface area (Å²) in [6.07, 6.45) is 0.944. The van der Waals surface area contributed by atoms with Gasteiger partial charge in [-0.05, 0) is 36.2 Å². The highest BCUT2D eigenvalue weighted by Gasteiger charge is 2.27. The highest BCUT2D eigenvalue weighted by molar-refractivity contribution is 5.97. The molecule has 2 amide bonds. The van der Waals surface area contributed by atoms with Gasteiger partial charge in [-0.2, -0.15) is 0 Å². The van der Waals surface area contributed by atoms with Crippen LogP contribution < -0.4 is 5.73 Å². The molecule has 1 atom stereocenters. The van der Waals surface area contributed by atoms with E-state index in [1.807, 2.05) is 35.2 Å². The number of hydrogen-bond acceptors (Lipinski definition) is 3. The van der Waals surface area contributed by atoms with Crippen LogP contribution in [0.3, 0.4) is 0 Å². The summed E-state index contributed by atoms with van der Waals surface area (Å²) in [6.45, 7) is 2.68. The maximum absolute atomic E-state index is 12.5. The van der Waals surface area contributed by atoms with Gasteiger partial charge in [0.25, 0.3) is 5.91 Å². The van der Waals surface area contributed by atoms with E-state index in [9.17, 15) is 9.59 Å². The van der Waals surface area contributed by atoms with Crippen molar-refractivity contribution >= 4 is 11.8 Å². The molecule has 1 saturated heterocycles. The smallest absolute Gasteiger partial charge is 0.253 e. The Morgan fingerprint density at radius 3 is 2.40 bits per heavy atom. The molecule has 0 aromatic heterocycles. The molecule has 25 heavy (non-hydrogen) atoms. The quantitative estimate of drug-likeness (QED) is 0.879. The van der Waals surface area contributed by atoms with Crippen molar-refractivity contribution in [1.82, 2.24) is 4.90 Å². The summed E-state index contributed by atoms with van der Waals surface area (Å²) in [5.74, 6) is -0.144. The number of nitrogens with two attached hydrogens (primary N) is 1. The second kappa shape index (κ2) is 7.94. The predicted molar refractivity (Wildman–Crippen MR) is 95.1 cm³/mol. The molecular formula is C20H22N2O3. The van der Waals surface area contributed by atoms with Crippen molar-refractivity contribution in [3.05, 3.63) is 71.3 Å². The molecule has 0 radical (unpaired) electrons. The van der Waals surface area contributed by atoms with E-state index in [1.54, 1.807) is 24.3 Å². The van der Waals surface area contributed by atoms with Crippen molar-refractivity contribution in [2.24, 2.45) is 11.7 Å². The minimum atomic E-state index is -0.490. The van der Waals surface area contributed by atoms with E-state index in [2.05, 4.69) is 0 Å². The summed E-state index contributed by atoms with van der Waals surface area (Å²) in [4.78, 5) is 25.5. The fraction of sp³-hybridized carbons (Fsp3) is 0.300. The van der Waals surface area contributed by atoms with Crippen LogP contribution >= 0.6 is 0 Å². The highest BCUT2D eigenvalue weighted by Crippen LogP contribution is 2.20. The molecule has 3 rings (SSSR count). The van der Waals surface area contributed by atoms with Crippen molar-refractivity contribution in [2.45, 2.75) is 13.0 Å². The molecule has 1 aliphatic heterocycles. The molecule has 0 bridgehead atoms. The molecule has 130 valence electrons. The number of likely N-dealkylation sites (tertiary alicyclic amines) is 1. The molecule has 1 aliphatic rings. The van der Waals surface area contributed by atoms with Crippen LogP contribution in [0.1, 0.15) is 32.7 Å². The lowest BCUT2D eigenvalue weighted by Crippen LogP contribution is -2.29. The van der Waals surface area contributed by atoms with Gasteiger partial charge in [0.1, 0.15) is 0 Å². The Morgan fingerprint density at radius 2 is 1.72 bits per heavy atom. The van der Waals surface area contributed by atoms with E-state index in [4.69, 9.17) is 10.5 Å². The zero-order valence-electron chi connectivity index (χ0n) is 14.1. The first-order chi connectivity index (χ1) is 12.1. The maximum Gasteiger partial charge on any atom is 0.253 e. The standard InChI is InChI=1S/C20H22N2O3/c21-19(23)17-6-8-18(9-7-17)20(24)22-11-10-16(12-22)14-25-13-15-4-2-1-3-5-15/h1-9,16H,10-14H2,(H2,21,23)/t16-/m0/s1. The van der Waals surface area contributed by atoms with Crippen molar-refractivity contribution in [3.8, 4) is 0 Å². The monoisotopic (exact) mass is 338 g/mol. The van der Waals surface area contributed by atoms with Crippen LogP contribution in [0.5, 0.6) is 0 Å². The van der Waals surface area contributed by atoms with Gasteiger partial charge in [-0.25, -0.2) is 0 Å². The molecule has 1 fully saturated rings. The predicted octanol–water partition coefficient (Wildman–Crippen LogP) is 2.46. The van der Waals surface area contributed by atoms with Crippen LogP contribution in [0.2, 0.25) is 0 Å². The molecule has 2 aromatic carbocycles. The SMILES string of the molecule is NC(=O)c1ccc(C(=O)N2CC[C@H](COCc3ccccc3)C2)cc1. The zero-order chi connectivity index (χ0) is 17.6. The number of hydrogen-bond donors (Lipinski definition) is 1. The van der Waals surface area contributed by atoms with Gasteiger partial charge in [-0.1, -0.05) is 30.3 Å². The topological polar surface area (TPSA) is 72.6 Å². The summed E-state index contributed by atoms with van der Waals surface area (Å²) in [7, 11) is 0. The molecule has 1 heterocycles. The lowest BCUT2D eigenvalue weighted by molar-refractivity contribution is 0.0732. The third kappa shape index (κ3) is 4.45.